The largest absolute Gasteiger partial charge is 0.846 e. The number of hydrogen-bond acceptors (Lipinski definition) is 3. The molecule has 0 aromatic carbocycles. The van der Waals surface area contributed by atoms with Crippen LogP contribution < -0.4 is 10.4 Å². The van der Waals surface area contributed by atoms with E-state index in [0.717, 1.165) is 13.1 Å². The van der Waals surface area contributed by atoms with Crippen LogP contribution in [-0.4, -0.2) is 37.1 Å². The van der Waals surface area contributed by atoms with E-state index in [4.69, 9.17) is 5.41 Å². The van der Waals surface area contributed by atoms with E-state index >= 15 is 0 Å². The number of piperazine rings is 1. The fourth-order valence-electron chi connectivity index (χ4n) is 0.868. The molecule has 2 N–H and O–H groups in total. The summed E-state index contributed by atoms with van der Waals surface area (Å²) in [7, 11) is 0. The van der Waals surface area contributed by atoms with Gasteiger partial charge in [-0.3, -0.25) is 5.41 Å². The summed E-state index contributed by atoms with van der Waals surface area (Å²) in [6.07, 6.45) is 0. The average Bonchev–Trinajstić information content (AvgIpc) is 1.90. The Morgan fingerprint density at radius 2 is 2.00 bits per heavy atom. The van der Waals surface area contributed by atoms with Crippen LogP contribution in [-0.2, 0) is 0 Å². The first-order chi connectivity index (χ1) is 4.30. The molecule has 0 radical (unpaired) electrons. The van der Waals surface area contributed by atoms with Gasteiger partial charge in [-0.2, -0.15) is 0 Å². The van der Waals surface area contributed by atoms with Gasteiger partial charge >= 0.3 is 0 Å². The molecule has 4 heteroatoms. The third-order valence-corrected chi connectivity index (χ3v) is 1.40. The summed E-state index contributed by atoms with van der Waals surface area (Å²) < 4.78 is 0. The van der Waals surface area contributed by atoms with E-state index in [1.54, 1.807) is 0 Å². The Morgan fingerprint density at radius 3 is 2.33 bits per heavy atom. The summed E-state index contributed by atoms with van der Waals surface area (Å²) in [5.41, 5.74) is 0. The molecule has 0 aromatic heterocycles. The molecule has 1 rings (SSSR count). The molecule has 0 bridgehead atoms. The van der Waals surface area contributed by atoms with Crippen LogP contribution in [0, 0.1) is 5.41 Å². The van der Waals surface area contributed by atoms with Crippen LogP contribution >= 0.6 is 0 Å². The van der Waals surface area contributed by atoms with Gasteiger partial charge in [0.1, 0.15) is 0 Å². The van der Waals surface area contributed by atoms with Crippen molar-refractivity contribution >= 4 is 6.02 Å². The predicted molar refractivity (Wildman–Crippen MR) is 32.2 cm³/mol. The van der Waals surface area contributed by atoms with Crippen LogP contribution in [0.4, 0.5) is 0 Å². The van der Waals surface area contributed by atoms with Crippen LogP contribution in [0.1, 0.15) is 0 Å². The SMILES string of the molecule is N=C([O-])N1CCNCC1. The molecule has 9 heavy (non-hydrogen) atoms. The maximum atomic E-state index is 10.4. The second-order valence-electron chi connectivity index (χ2n) is 2.04. The van der Waals surface area contributed by atoms with Crippen LogP contribution in [0.5, 0.6) is 0 Å². The molecule has 0 saturated carbocycles. The average molecular weight is 128 g/mol. The lowest BCUT2D eigenvalue weighted by molar-refractivity contribution is -0.237. The first-order valence-electron chi connectivity index (χ1n) is 3.02. The molecular weight excluding hydrogens is 118 g/mol. The van der Waals surface area contributed by atoms with Crippen LogP contribution in [0.15, 0.2) is 0 Å². The number of nitrogens with one attached hydrogen (secondary N) is 2. The van der Waals surface area contributed by atoms with Crippen LogP contribution in [0.3, 0.4) is 0 Å². The molecule has 0 aromatic rings. The molecule has 1 fully saturated rings. The van der Waals surface area contributed by atoms with Crippen LogP contribution in [0.2, 0.25) is 0 Å². The predicted octanol–water partition coefficient (Wildman–Crippen LogP) is -1.81. The van der Waals surface area contributed by atoms with Crippen molar-refractivity contribution in [2.75, 3.05) is 26.2 Å². The first kappa shape index (κ1) is 6.35. The van der Waals surface area contributed by atoms with E-state index < -0.39 is 6.02 Å². The van der Waals surface area contributed by atoms with Gasteiger partial charge in [-0.1, -0.05) is 0 Å². The minimum atomic E-state index is -0.559. The molecule has 52 valence electrons. The third kappa shape index (κ3) is 1.57. The van der Waals surface area contributed by atoms with Crippen LogP contribution in [0.25, 0.3) is 0 Å². The Kier molecular flexibility index (Phi) is 1.89. The van der Waals surface area contributed by atoms with Crippen molar-refractivity contribution in [3.63, 3.8) is 0 Å². The van der Waals surface area contributed by atoms with Gasteiger partial charge in [-0.15, -0.1) is 0 Å². The quantitative estimate of drug-likeness (QED) is 0.298. The summed E-state index contributed by atoms with van der Waals surface area (Å²) in [6.45, 7) is 3.01. The maximum Gasteiger partial charge on any atom is 0.0463 e. The summed E-state index contributed by atoms with van der Waals surface area (Å²) in [4.78, 5) is 1.52. The first-order valence-corrected chi connectivity index (χ1v) is 3.02. The van der Waals surface area contributed by atoms with Crippen molar-refractivity contribution in [1.82, 2.24) is 10.2 Å². The van der Waals surface area contributed by atoms with Gasteiger partial charge in [0.25, 0.3) is 0 Å². The van der Waals surface area contributed by atoms with E-state index in [9.17, 15) is 5.11 Å². The van der Waals surface area contributed by atoms with Gasteiger partial charge in [0.05, 0.1) is 0 Å². The smallest absolute Gasteiger partial charge is 0.0463 e. The summed E-state index contributed by atoms with van der Waals surface area (Å²) in [5.74, 6) is 0. The highest BCUT2D eigenvalue weighted by atomic mass is 16.3. The zero-order chi connectivity index (χ0) is 6.69. The fourth-order valence-corrected chi connectivity index (χ4v) is 0.868. The highest BCUT2D eigenvalue weighted by Crippen LogP contribution is 1.87. The Hall–Kier alpha value is -0.770. The second-order valence-corrected chi connectivity index (χ2v) is 2.04. The Bertz CT molecular complexity index is 109. The summed E-state index contributed by atoms with van der Waals surface area (Å²) in [5, 5.41) is 20.2. The Morgan fingerprint density at radius 1 is 1.44 bits per heavy atom. The van der Waals surface area contributed by atoms with Gasteiger partial charge < -0.3 is 15.3 Å². The molecule has 1 aliphatic rings. The zero-order valence-electron chi connectivity index (χ0n) is 5.18. The van der Waals surface area contributed by atoms with Crippen molar-refractivity contribution in [2.45, 2.75) is 0 Å². The minimum Gasteiger partial charge on any atom is -0.846 e. The van der Waals surface area contributed by atoms with Gasteiger partial charge in [-0.25, -0.2) is 0 Å². The third-order valence-electron chi connectivity index (χ3n) is 1.40. The van der Waals surface area contributed by atoms with Gasteiger partial charge in [0.2, 0.25) is 0 Å². The van der Waals surface area contributed by atoms with Gasteiger partial charge in [-0.05, 0) is 0 Å². The molecule has 1 aliphatic heterocycles. The Labute approximate surface area is 54.0 Å². The molecule has 0 aliphatic carbocycles. The van der Waals surface area contributed by atoms with Crippen molar-refractivity contribution in [3.8, 4) is 0 Å². The lowest BCUT2D eigenvalue weighted by Crippen LogP contribution is -2.50. The standard InChI is InChI=1S/C5H11N3O/c6-5(9)8-3-1-7-2-4-8/h7H,1-4H2,(H2,6,9)/p-1. The Balaban J connectivity index is 2.31. The van der Waals surface area contributed by atoms with E-state index in [1.807, 2.05) is 0 Å². The molecule has 4 nitrogen and oxygen atoms in total. The lowest BCUT2D eigenvalue weighted by atomic mass is 10.4. The molecule has 1 saturated heterocycles. The highest BCUT2D eigenvalue weighted by molar-refractivity contribution is 5.65. The molecule has 0 spiro atoms. The van der Waals surface area contributed by atoms with E-state index in [1.165, 1.54) is 4.90 Å². The van der Waals surface area contributed by atoms with Crippen molar-refractivity contribution < 1.29 is 5.11 Å². The fraction of sp³-hybridized carbons (Fsp3) is 0.800. The normalized spacial score (nSPS) is 19.8. The monoisotopic (exact) mass is 128 g/mol. The molecule has 1 heterocycles. The number of rotatable bonds is 0. The van der Waals surface area contributed by atoms with E-state index in [2.05, 4.69) is 5.32 Å². The number of hydrogen-bond donors (Lipinski definition) is 2. The highest BCUT2D eigenvalue weighted by Gasteiger charge is 2.05. The lowest BCUT2D eigenvalue weighted by Gasteiger charge is -2.32. The van der Waals surface area contributed by atoms with Gasteiger partial charge in [0.15, 0.2) is 0 Å². The van der Waals surface area contributed by atoms with Gasteiger partial charge in [0, 0.05) is 32.2 Å². The zero-order valence-corrected chi connectivity index (χ0v) is 5.18. The second kappa shape index (κ2) is 2.68. The van der Waals surface area contributed by atoms with E-state index in [0.29, 0.717) is 13.1 Å². The number of nitrogens with zero attached hydrogens (tertiary/aromatic N) is 1. The molecule has 0 amide bonds. The summed E-state index contributed by atoms with van der Waals surface area (Å²) in [6, 6.07) is -0.559. The number of amidine groups is 1. The van der Waals surface area contributed by atoms with Crippen molar-refractivity contribution in [1.29, 1.82) is 5.41 Å². The molecule has 0 atom stereocenters. The topological polar surface area (TPSA) is 62.2 Å². The van der Waals surface area contributed by atoms with E-state index in [-0.39, 0.29) is 0 Å². The maximum absolute atomic E-state index is 10.4. The summed E-state index contributed by atoms with van der Waals surface area (Å²) >= 11 is 0. The van der Waals surface area contributed by atoms with Crippen molar-refractivity contribution in [3.05, 3.63) is 0 Å². The molecular formula is C5H10N3O-. The minimum absolute atomic E-state index is 0.559. The molecule has 0 unspecified atom stereocenters. The van der Waals surface area contributed by atoms with Crippen molar-refractivity contribution in [2.24, 2.45) is 0 Å².